The minimum absolute atomic E-state index is 0.0513. The predicted octanol–water partition coefficient (Wildman–Crippen LogP) is 1.83. The van der Waals surface area contributed by atoms with E-state index in [2.05, 4.69) is 0 Å². The molecule has 2 N–H and O–H groups in total. The lowest BCUT2D eigenvalue weighted by atomic mass is 10.3. The van der Waals surface area contributed by atoms with Crippen molar-refractivity contribution < 1.29 is 13.9 Å². The summed E-state index contributed by atoms with van der Waals surface area (Å²) >= 11 is 5.57. The third-order valence-electron chi connectivity index (χ3n) is 1.65. The van der Waals surface area contributed by atoms with Gasteiger partial charge in [0.05, 0.1) is 18.2 Å². The zero-order chi connectivity index (χ0) is 11.1. The van der Waals surface area contributed by atoms with Gasteiger partial charge in [-0.3, -0.25) is 0 Å². The lowest BCUT2D eigenvalue weighted by Gasteiger charge is -2.06. The van der Waals surface area contributed by atoms with Crippen LogP contribution in [-0.2, 0) is 4.74 Å². The van der Waals surface area contributed by atoms with Crippen LogP contribution in [0.25, 0.3) is 0 Å². The number of halogens is 2. The zero-order valence-electron chi connectivity index (χ0n) is 8.21. The van der Waals surface area contributed by atoms with Crippen LogP contribution in [0.1, 0.15) is 0 Å². The van der Waals surface area contributed by atoms with E-state index < -0.39 is 5.82 Å². The summed E-state index contributed by atoms with van der Waals surface area (Å²) in [6.07, 6.45) is 0. The van der Waals surface area contributed by atoms with Crippen LogP contribution >= 0.6 is 11.6 Å². The largest absolute Gasteiger partial charge is 0.491 e. The van der Waals surface area contributed by atoms with Crippen LogP contribution in [0.15, 0.2) is 18.2 Å². The summed E-state index contributed by atoms with van der Waals surface area (Å²) in [4.78, 5) is 0. The average molecular weight is 234 g/mol. The van der Waals surface area contributed by atoms with E-state index in [4.69, 9.17) is 26.8 Å². The minimum Gasteiger partial charge on any atom is -0.491 e. The van der Waals surface area contributed by atoms with E-state index in [1.165, 1.54) is 18.2 Å². The van der Waals surface area contributed by atoms with Gasteiger partial charge in [-0.2, -0.15) is 0 Å². The Labute approximate surface area is 92.9 Å². The highest BCUT2D eigenvalue weighted by Crippen LogP contribution is 2.20. The standard InChI is InChI=1S/C10H13ClFNO2/c11-9-7-8(1-2-10(9)12)15-6-5-14-4-3-13/h1-2,7H,3-6,13H2. The van der Waals surface area contributed by atoms with Gasteiger partial charge in [0.1, 0.15) is 18.2 Å². The Morgan fingerprint density at radius 3 is 2.73 bits per heavy atom. The van der Waals surface area contributed by atoms with Crippen molar-refractivity contribution in [3.63, 3.8) is 0 Å². The van der Waals surface area contributed by atoms with Gasteiger partial charge < -0.3 is 15.2 Å². The number of hydrogen-bond donors (Lipinski definition) is 1. The number of ether oxygens (including phenoxy) is 2. The summed E-state index contributed by atoms with van der Waals surface area (Å²) in [6.45, 7) is 1.84. The summed E-state index contributed by atoms with van der Waals surface area (Å²) in [7, 11) is 0. The van der Waals surface area contributed by atoms with Crippen molar-refractivity contribution in [3.05, 3.63) is 29.0 Å². The molecule has 0 spiro atoms. The molecule has 0 radical (unpaired) electrons. The quantitative estimate of drug-likeness (QED) is 0.763. The van der Waals surface area contributed by atoms with Crippen molar-refractivity contribution in [2.24, 2.45) is 5.73 Å². The molecule has 0 aliphatic heterocycles. The van der Waals surface area contributed by atoms with Crippen LogP contribution < -0.4 is 10.5 Å². The molecule has 1 aromatic rings. The van der Waals surface area contributed by atoms with Gasteiger partial charge in [0.2, 0.25) is 0 Å². The first kappa shape index (κ1) is 12.2. The monoisotopic (exact) mass is 233 g/mol. The van der Waals surface area contributed by atoms with Gasteiger partial charge >= 0.3 is 0 Å². The molecule has 1 aromatic carbocycles. The summed E-state index contributed by atoms with van der Waals surface area (Å²) in [5, 5.41) is 0.0513. The van der Waals surface area contributed by atoms with Crippen molar-refractivity contribution in [1.29, 1.82) is 0 Å². The number of nitrogens with two attached hydrogens (primary N) is 1. The highest BCUT2D eigenvalue weighted by Gasteiger charge is 2.01. The smallest absolute Gasteiger partial charge is 0.142 e. The Bertz CT molecular complexity index is 309. The summed E-state index contributed by atoms with van der Waals surface area (Å²) in [5.74, 6) is 0.0705. The number of rotatable bonds is 6. The molecule has 84 valence electrons. The van der Waals surface area contributed by atoms with Gasteiger partial charge in [0.25, 0.3) is 0 Å². The summed E-state index contributed by atoms with van der Waals surface area (Å²) in [5.41, 5.74) is 5.23. The lowest BCUT2D eigenvalue weighted by molar-refractivity contribution is 0.106. The van der Waals surface area contributed by atoms with E-state index in [9.17, 15) is 4.39 Å². The minimum atomic E-state index is -0.455. The average Bonchev–Trinajstić information content (AvgIpc) is 2.23. The molecule has 1 rings (SSSR count). The van der Waals surface area contributed by atoms with E-state index >= 15 is 0 Å². The van der Waals surface area contributed by atoms with Crippen molar-refractivity contribution in [2.45, 2.75) is 0 Å². The van der Waals surface area contributed by atoms with E-state index in [-0.39, 0.29) is 5.02 Å². The first-order valence-electron chi connectivity index (χ1n) is 4.59. The summed E-state index contributed by atoms with van der Waals surface area (Å²) in [6, 6.07) is 4.21. The molecule has 0 amide bonds. The fourth-order valence-electron chi connectivity index (χ4n) is 0.970. The van der Waals surface area contributed by atoms with Crippen LogP contribution in [0.5, 0.6) is 5.75 Å². The first-order chi connectivity index (χ1) is 7.24. The highest BCUT2D eigenvalue weighted by atomic mass is 35.5. The van der Waals surface area contributed by atoms with Gasteiger partial charge in [-0.25, -0.2) is 4.39 Å². The Morgan fingerprint density at radius 2 is 2.07 bits per heavy atom. The second-order valence-corrected chi connectivity index (χ2v) is 3.23. The van der Waals surface area contributed by atoms with Crippen molar-refractivity contribution in [2.75, 3.05) is 26.4 Å². The van der Waals surface area contributed by atoms with Gasteiger partial charge in [-0.15, -0.1) is 0 Å². The van der Waals surface area contributed by atoms with E-state index in [1.54, 1.807) is 0 Å². The van der Waals surface area contributed by atoms with E-state index in [0.29, 0.717) is 32.1 Å². The SMILES string of the molecule is NCCOCCOc1ccc(F)c(Cl)c1. The van der Waals surface area contributed by atoms with E-state index in [0.717, 1.165) is 0 Å². The molecule has 0 unspecified atom stereocenters. The second-order valence-electron chi connectivity index (χ2n) is 2.83. The van der Waals surface area contributed by atoms with E-state index in [1.807, 2.05) is 0 Å². The van der Waals surface area contributed by atoms with Crippen LogP contribution in [0.4, 0.5) is 4.39 Å². The molecule has 0 fully saturated rings. The molecule has 5 heteroatoms. The molecule has 3 nitrogen and oxygen atoms in total. The van der Waals surface area contributed by atoms with Gasteiger partial charge in [-0.05, 0) is 12.1 Å². The van der Waals surface area contributed by atoms with Crippen LogP contribution in [0, 0.1) is 5.82 Å². The topological polar surface area (TPSA) is 44.5 Å². The van der Waals surface area contributed by atoms with Gasteiger partial charge in [-0.1, -0.05) is 11.6 Å². The highest BCUT2D eigenvalue weighted by molar-refractivity contribution is 6.30. The number of benzene rings is 1. The molecule has 15 heavy (non-hydrogen) atoms. The maximum Gasteiger partial charge on any atom is 0.142 e. The predicted molar refractivity (Wildman–Crippen MR) is 56.8 cm³/mol. The molecule has 0 saturated carbocycles. The Morgan fingerprint density at radius 1 is 1.27 bits per heavy atom. The van der Waals surface area contributed by atoms with Crippen LogP contribution in [0.2, 0.25) is 5.02 Å². The molecule has 0 saturated heterocycles. The fourth-order valence-corrected chi connectivity index (χ4v) is 1.14. The number of hydrogen-bond acceptors (Lipinski definition) is 3. The Hall–Kier alpha value is -0.840. The lowest BCUT2D eigenvalue weighted by Crippen LogP contribution is -2.13. The molecule has 0 aliphatic rings. The Balaban J connectivity index is 2.28. The second kappa shape index (κ2) is 6.61. The zero-order valence-corrected chi connectivity index (χ0v) is 8.97. The van der Waals surface area contributed by atoms with Crippen LogP contribution in [-0.4, -0.2) is 26.4 Å². The normalized spacial score (nSPS) is 10.3. The molecule has 0 aromatic heterocycles. The first-order valence-corrected chi connectivity index (χ1v) is 4.97. The van der Waals surface area contributed by atoms with Crippen molar-refractivity contribution in [1.82, 2.24) is 0 Å². The molecule has 0 aliphatic carbocycles. The maximum absolute atomic E-state index is 12.8. The summed E-state index contributed by atoms with van der Waals surface area (Å²) < 4.78 is 23.1. The van der Waals surface area contributed by atoms with Gasteiger partial charge in [0.15, 0.2) is 0 Å². The fraction of sp³-hybridized carbons (Fsp3) is 0.400. The van der Waals surface area contributed by atoms with Gasteiger partial charge in [0, 0.05) is 12.6 Å². The molecule has 0 bridgehead atoms. The van der Waals surface area contributed by atoms with Crippen molar-refractivity contribution >= 4 is 11.6 Å². The molecular formula is C10H13ClFNO2. The van der Waals surface area contributed by atoms with Crippen molar-refractivity contribution in [3.8, 4) is 5.75 Å². The third kappa shape index (κ3) is 4.46. The van der Waals surface area contributed by atoms with Crippen LogP contribution in [0.3, 0.4) is 0 Å². The maximum atomic E-state index is 12.8. The third-order valence-corrected chi connectivity index (χ3v) is 1.94. The Kier molecular flexibility index (Phi) is 5.39. The molecule has 0 heterocycles. The molecule has 0 atom stereocenters. The molecular weight excluding hydrogens is 221 g/mol.